The topological polar surface area (TPSA) is 47.9 Å². The van der Waals surface area contributed by atoms with Crippen molar-refractivity contribution in [3.05, 3.63) is 59.7 Å². The summed E-state index contributed by atoms with van der Waals surface area (Å²) in [6.07, 6.45) is 7.17. The number of rotatable bonds is 7. The molecule has 1 fully saturated rings. The van der Waals surface area contributed by atoms with Crippen LogP contribution in [-0.4, -0.2) is 50.3 Å². The van der Waals surface area contributed by atoms with Crippen molar-refractivity contribution in [2.24, 2.45) is 5.92 Å². The lowest BCUT2D eigenvalue weighted by Gasteiger charge is -2.36. The second kappa shape index (κ2) is 9.30. The fourth-order valence-corrected chi connectivity index (χ4v) is 3.52. The molecule has 25 heavy (non-hydrogen) atoms. The summed E-state index contributed by atoms with van der Waals surface area (Å²) >= 11 is 0. The fourth-order valence-electron chi connectivity index (χ4n) is 3.52. The lowest BCUT2D eigenvalue weighted by Crippen LogP contribution is -2.42. The van der Waals surface area contributed by atoms with Gasteiger partial charge < -0.3 is 19.3 Å². The third-order valence-electron chi connectivity index (χ3n) is 4.90. The molecule has 1 saturated heterocycles. The van der Waals surface area contributed by atoms with E-state index in [1.165, 1.54) is 5.57 Å². The van der Waals surface area contributed by atoms with E-state index in [4.69, 9.17) is 14.2 Å². The van der Waals surface area contributed by atoms with Gasteiger partial charge in [0.05, 0.1) is 32.5 Å². The molecule has 1 aliphatic heterocycles. The average Bonchev–Trinajstić information content (AvgIpc) is 2.68. The highest BCUT2D eigenvalue weighted by molar-refractivity contribution is 5.25. The predicted octanol–water partition coefficient (Wildman–Crippen LogP) is 3.09. The van der Waals surface area contributed by atoms with Crippen molar-refractivity contribution in [1.29, 1.82) is 0 Å². The SMILES string of the molecule is CCOCC1C=CC=C(C2COCC(C(CO)c3ccccc3)O2)C1. The Kier molecular flexibility index (Phi) is 6.82. The molecule has 4 heteroatoms. The number of hydrogen-bond acceptors (Lipinski definition) is 4. The predicted molar refractivity (Wildman–Crippen MR) is 97.6 cm³/mol. The van der Waals surface area contributed by atoms with E-state index in [2.05, 4.69) is 18.2 Å². The first-order valence-corrected chi connectivity index (χ1v) is 9.15. The number of aliphatic hydroxyl groups excluding tert-OH is 1. The van der Waals surface area contributed by atoms with Gasteiger partial charge in [0, 0.05) is 18.4 Å². The smallest absolute Gasteiger partial charge is 0.103 e. The Morgan fingerprint density at radius 1 is 1.24 bits per heavy atom. The molecule has 1 N–H and O–H groups in total. The summed E-state index contributed by atoms with van der Waals surface area (Å²) in [5.74, 6) is 0.328. The van der Waals surface area contributed by atoms with Gasteiger partial charge >= 0.3 is 0 Å². The standard InChI is InChI=1S/C21H28O4/c1-2-23-13-16-7-6-10-18(11-16)20-14-24-15-21(25-20)19(12-22)17-8-4-3-5-9-17/h3-10,16,19-22H,2,11-15H2,1H3. The molecule has 1 aliphatic carbocycles. The van der Waals surface area contributed by atoms with Gasteiger partial charge in [-0.1, -0.05) is 48.6 Å². The first-order chi connectivity index (χ1) is 12.3. The van der Waals surface area contributed by atoms with Gasteiger partial charge in [0.2, 0.25) is 0 Å². The second-order valence-electron chi connectivity index (χ2n) is 6.65. The van der Waals surface area contributed by atoms with E-state index in [0.717, 1.165) is 25.2 Å². The van der Waals surface area contributed by atoms with Crippen molar-refractivity contribution < 1.29 is 19.3 Å². The van der Waals surface area contributed by atoms with Crippen LogP contribution in [0.4, 0.5) is 0 Å². The van der Waals surface area contributed by atoms with E-state index >= 15 is 0 Å². The maximum atomic E-state index is 9.89. The minimum Gasteiger partial charge on any atom is -0.396 e. The van der Waals surface area contributed by atoms with Crippen molar-refractivity contribution in [2.75, 3.05) is 33.0 Å². The van der Waals surface area contributed by atoms with Crippen LogP contribution in [-0.2, 0) is 14.2 Å². The van der Waals surface area contributed by atoms with Gasteiger partial charge in [0.25, 0.3) is 0 Å². The molecule has 4 nitrogen and oxygen atoms in total. The molecule has 136 valence electrons. The molecular weight excluding hydrogens is 316 g/mol. The Labute approximate surface area is 150 Å². The first-order valence-electron chi connectivity index (χ1n) is 9.15. The van der Waals surface area contributed by atoms with Crippen LogP contribution >= 0.6 is 0 Å². The summed E-state index contributed by atoms with van der Waals surface area (Å²) in [6, 6.07) is 10.0. The van der Waals surface area contributed by atoms with Gasteiger partial charge in [-0.15, -0.1) is 0 Å². The summed E-state index contributed by atoms with van der Waals surface area (Å²) in [5, 5.41) is 9.89. The molecule has 4 atom stereocenters. The van der Waals surface area contributed by atoms with Gasteiger partial charge in [-0.3, -0.25) is 0 Å². The Hall–Kier alpha value is -1.46. The highest BCUT2D eigenvalue weighted by atomic mass is 16.6. The summed E-state index contributed by atoms with van der Waals surface area (Å²) in [5.41, 5.74) is 2.34. The third kappa shape index (κ3) is 4.79. The Morgan fingerprint density at radius 3 is 2.84 bits per heavy atom. The van der Waals surface area contributed by atoms with Gasteiger partial charge in [0.1, 0.15) is 6.10 Å². The van der Waals surface area contributed by atoms with Gasteiger partial charge in [-0.25, -0.2) is 0 Å². The van der Waals surface area contributed by atoms with E-state index < -0.39 is 0 Å². The lowest BCUT2D eigenvalue weighted by atomic mass is 9.90. The van der Waals surface area contributed by atoms with Crippen molar-refractivity contribution in [3.63, 3.8) is 0 Å². The molecule has 0 aromatic heterocycles. The van der Waals surface area contributed by atoms with Crippen molar-refractivity contribution in [3.8, 4) is 0 Å². The molecule has 1 aromatic rings. The average molecular weight is 344 g/mol. The summed E-state index contributed by atoms with van der Waals surface area (Å²) in [6.45, 7) is 4.64. The van der Waals surface area contributed by atoms with Crippen molar-refractivity contribution in [2.45, 2.75) is 31.5 Å². The van der Waals surface area contributed by atoms with Crippen LogP contribution in [0, 0.1) is 5.92 Å². The molecule has 0 radical (unpaired) electrons. The Morgan fingerprint density at radius 2 is 2.08 bits per heavy atom. The van der Waals surface area contributed by atoms with E-state index in [1.54, 1.807) is 0 Å². The van der Waals surface area contributed by atoms with E-state index in [-0.39, 0.29) is 24.7 Å². The van der Waals surface area contributed by atoms with E-state index in [1.807, 2.05) is 37.3 Å². The molecule has 1 heterocycles. The maximum Gasteiger partial charge on any atom is 0.103 e. The van der Waals surface area contributed by atoms with E-state index in [0.29, 0.717) is 19.1 Å². The first kappa shape index (κ1) is 18.3. The molecule has 0 saturated carbocycles. The van der Waals surface area contributed by atoms with E-state index in [9.17, 15) is 5.11 Å². The lowest BCUT2D eigenvalue weighted by molar-refractivity contribution is -0.137. The quantitative estimate of drug-likeness (QED) is 0.826. The van der Waals surface area contributed by atoms with Crippen LogP contribution in [0.15, 0.2) is 54.1 Å². The van der Waals surface area contributed by atoms with Crippen LogP contribution in [0.3, 0.4) is 0 Å². The minimum absolute atomic E-state index is 0.0504. The zero-order chi connectivity index (χ0) is 17.5. The molecule has 0 bridgehead atoms. The molecule has 2 aliphatic rings. The normalized spacial score (nSPS) is 27.8. The number of aliphatic hydroxyl groups is 1. The zero-order valence-corrected chi connectivity index (χ0v) is 14.8. The maximum absolute atomic E-state index is 9.89. The van der Waals surface area contributed by atoms with Gasteiger partial charge in [-0.2, -0.15) is 0 Å². The summed E-state index contributed by atoms with van der Waals surface area (Å²) < 4.78 is 17.8. The number of allylic oxidation sites excluding steroid dienone is 2. The zero-order valence-electron chi connectivity index (χ0n) is 14.8. The van der Waals surface area contributed by atoms with Gasteiger partial charge in [0.15, 0.2) is 0 Å². The van der Waals surface area contributed by atoms with Crippen LogP contribution in [0.5, 0.6) is 0 Å². The third-order valence-corrected chi connectivity index (χ3v) is 4.90. The number of benzene rings is 1. The highest BCUT2D eigenvalue weighted by Gasteiger charge is 2.32. The molecular formula is C21H28O4. The van der Waals surface area contributed by atoms with Gasteiger partial charge in [-0.05, 0) is 24.5 Å². The molecule has 4 unspecified atom stereocenters. The molecule has 0 spiro atoms. The fraction of sp³-hybridized carbons (Fsp3) is 0.524. The Balaban J connectivity index is 1.65. The van der Waals surface area contributed by atoms with Crippen molar-refractivity contribution in [1.82, 2.24) is 0 Å². The summed E-state index contributed by atoms with van der Waals surface area (Å²) in [4.78, 5) is 0. The van der Waals surface area contributed by atoms with Crippen molar-refractivity contribution >= 4 is 0 Å². The number of hydrogen-bond donors (Lipinski definition) is 1. The second-order valence-corrected chi connectivity index (χ2v) is 6.65. The van der Waals surface area contributed by atoms with Crippen LogP contribution < -0.4 is 0 Å². The molecule has 1 aromatic carbocycles. The van der Waals surface area contributed by atoms with Crippen LogP contribution in [0.25, 0.3) is 0 Å². The molecule has 3 rings (SSSR count). The molecule has 0 amide bonds. The highest BCUT2D eigenvalue weighted by Crippen LogP contribution is 2.30. The Bertz CT molecular complexity index is 581. The number of ether oxygens (including phenoxy) is 3. The van der Waals surface area contributed by atoms with Crippen LogP contribution in [0.2, 0.25) is 0 Å². The summed E-state index contributed by atoms with van der Waals surface area (Å²) in [7, 11) is 0. The minimum atomic E-state index is -0.136. The van der Waals surface area contributed by atoms with Crippen LogP contribution in [0.1, 0.15) is 24.8 Å². The largest absolute Gasteiger partial charge is 0.396 e. The monoisotopic (exact) mass is 344 g/mol.